The summed E-state index contributed by atoms with van der Waals surface area (Å²) in [6, 6.07) is 0. The molecule has 0 fully saturated rings. The Hall–Kier alpha value is -0.540. The molecule has 0 saturated heterocycles. The second-order valence-electron chi connectivity index (χ2n) is 2.75. The summed E-state index contributed by atoms with van der Waals surface area (Å²) in [5, 5.41) is 8.36. The van der Waals surface area contributed by atoms with Crippen LogP contribution < -0.4 is 5.32 Å². The quantitative estimate of drug-likeness (QED) is 0.630. The van der Waals surface area contributed by atoms with Gasteiger partial charge in [0.1, 0.15) is 0 Å². The Labute approximate surface area is 70.3 Å². The number of nitrogens with one attached hydrogen (secondary N) is 1. The first kappa shape index (κ1) is 7.13. The predicted molar refractivity (Wildman–Crippen MR) is 43.7 cm³/mol. The van der Waals surface area contributed by atoms with Crippen LogP contribution >= 0.6 is 11.6 Å². The maximum Gasteiger partial charge on any atom is 0.0860 e. The number of aryl methyl sites for hydroxylation is 1. The molecular formula is C7H10ClN3. The maximum atomic E-state index is 6.00. The van der Waals surface area contributed by atoms with Crippen LogP contribution in [0.2, 0.25) is 5.02 Å². The van der Waals surface area contributed by atoms with Crippen LogP contribution in [0.4, 0.5) is 0 Å². The lowest BCUT2D eigenvalue weighted by Crippen LogP contribution is -2.28. The normalized spacial score (nSPS) is 16.5. The van der Waals surface area contributed by atoms with Gasteiger partial charge in [0.2, 0.25) is 0 Å². The number of hydrogen-bond donors (Lipinski definition) is 1. The summed E-state index contributed by atoms with van der Waals surface area (Å²) in [5.41, 5.74) is 2.06. The monoisotopic (exact) mass is 171 g/mol. The van der Waals surface area contributed by atoms with E-state index in [1.807, 2.05) is 11.6 Å². The largest absolute Gasteiger partial charge is 0.309 e. The van der Waals surface area contributed by atoms with Crippen LogP contribution in [0, 0.1) is 6.92 Å². The van der Waals surface area contributed by atoms with E-state index in [-0.39, 0.29) is 0 Å². The minimum absolute atomic E-state index is 0.817. The zero-order valence-corrected chi connectivity index (χ0v) is 7.15. The molecule has 4 heteroatoms. The third-order valence-electron chi connectivity index (χ3n) is 1.95. The molecule has 1 aliphatic rings. The summed E-state index contributed by atoms with van der Waals surface area (Å²) < 4.78 is 1.98. The number of hydrogen-bond acceptors (Lipinski definition) is 2. The van der Waals surface area contributed by atoms with Crippen LogP contribution in [0.1, 0.15) is 11.4 Å². The Morgan fingerprint density at radius 2 is 2.45 bits per heavy atom. The summed E-state index contributed by atoms with van der Waals surface area (Å²) in [7, 11) is 0. The van der Waals surface area contributed by atoms with Crippen LogP contribution in [0.5, 0.6) is 0 Å². The van der Waals surface area contributed by atoms with Gasteiger partial charge in [0.15, 0.2) is 0 Å². The first-order valence-corrected chi connectivity index (χ1v) is 4.09. The Morgan fingerprint density at radius 3 is 3.18 bits per heavy atom. The Kier molecular flexibility index (Phi) is 1.62. The molecule has 2 rings (SSSR count). The molecular weight excluding hydrogens is 162 g/mol. The number of nitrogens with zero attached hydrogens (tertiary/aromatic N) is 2. The summed E-state index contributed by atoms with van der Waals surface area (Å²) >= 11 is 6.00. The average Bonchev–Trinajstić information content (AvgIpc) is 2.30. The highest BCUT2D eigenvalue weighted by molar-refractivity contribution is 6.31. The van der Waals surface area contributed by atoms with E-state index >= 15 is 0 Å². The van der Waals surface area contributed by atoms with Gasteiger partial charge < -0.3 is 5.32 Å². The standard InChI is InChI=1S/C7H10ClN3/c1-5-7(8)6-4-9-2-3-11(6)10-5/h9H,2-4H2,1H3. The number of fused-ring (bicyclic) bond motifs is 1. The van der Waals surface area contributed by atoms with Gasteiger partial charge in [-0.2, -0.15) is 5.10 Å². The van der Waals surface area contributed by atoms with Gasteiger partial charge in [-0.15, -0.1) is 0 Å². The first-order chi connectivity index (χ1) is 5.29. The molecule has 0 aliphatic carbocycles. The van der Waals surface area contributed by atoms with Gasteiger partial charge in [0.25, 0.3) is 0 Å². The van der Waals surface area contributed by atoms with Crippen molar-refractivity contribution in [1.82, 2.24) is 15.1 Å². The maximum absolute atomic E-state index is 6.00. The second-order valence-corrected chi connectivity index (χ2v) is 3.12. The number of rotatable bonds is 0. The van der Waals surface area contributed by atoms with Crippen molar-refractivity contribution in [1.29, 1.82) is 0 Å². The Morgan fingerprint density at radius 1 is 1.64 bits per heavy atom. The van der Waals surface area contributed by atoms with Crippen LogP contribution in [0.3, 0.4) is 0 Å². The minimum Gasteiger partial charge on any atom is -0.309 e. The van der Waals surface area contributed by atoms with E-state index in [0.717, 1.165) is 36.0 Å². The third kappa shape index (κ3) is 1.04. The van der Waals surface area contributed by atoms with E-state index < -0.39 is 0 Å². The zero-order chi connectivity index (χ0) is 7.84. The van der Waals surface area contributed by atoms with Gasteiger partial charge in [-0.05, 0) is 6.92 Å². The molecule has 11 heavy (non-hydrogen) atoms. The van der Waals surface area contributed by atoms with E-state index in [9.17, 15) is 0 Å². The first-order valence-electron chi connectivity index (χ1n) is 3.71. The van der Waals surface area contributed by atoms with Crippen molar-refractivity contribution in [2.24, 2.45) is 0 Å². The van der Waals surface area contributed by atoms with Gasteiger partial charge in [0, 0.05) is 13.1 Å². The minimum atomic E-state index is 0.817. The van der Waals surface area contributed by atoms with E-state index in [2.05, 4.69) is 10.4 Å². The van der Waals surface area contributed by atoms with Crippen LogP contribution in [-0.2, 0) is 13.1 Å². The molecule has 0 amide bonds. The predicted octanol–water partition coefficient (Wildman–Crippen LogP) is 0.948. The van der Waals surface area contributed by atoms with E-state index in [1.54, 1.807) is 0 Å². The molecule has 1 N–H and O–H groups in total. The van der Waals surface area contributed by atoms with Crippen molar-refractivity contribution in [2.75, 3.05) is 6.54 Å². The van der Waals surface area contributed by atoms with E-state index in [1.165, 1.54) is 0 Å². The molecule has 1 aliphatic heterocycles. The van der Waals surface area contributed by atoms with Crippen molar-refractivity contribution in [3.63, 3.8) is 0 Å². The van der Waals surface area contributed by atoms with Gasteiger partial charge >= 0.3 is 0 Å². The molecule has 0 bridgehead atoms. The lowest BCUT2D eigenvalue weighted by molar-refractivity contribution is 0.474. The highest BCUT2D eigenvalue weighted by Crippen LogP contribution is 2.20. The Bertz CT molecular complexity index is 279. The smallest absolute Gasteiger partial charge is 0.0860 e. The van der Waals surface area contributed by atoms with E-state index in [4.69, 9.17) is 11.6 Å². The molecule has 0 radical (unpaired) electrons. The van der Waals surface area contributed by atoms with Crippen LogP contribution in [0.15, 0.2) is 0 Å². The third-order valence-corrected chi connectivity index (χ3v) is 2.44. The van der Waals surface area contributed by atoms with Crippen LogP contribution in [0.25, 0.3) is 0 Å². The zero-order valence-electron chi connectivity index (χ0n) is 6.39. The van der Waals surface area contributed by atoms with E-state index in [0.29, 0.717) is 0 Å². The lowest BCUT2D eigenvalue weighted by Gasteiger charge is -2.14. The van der Waals surface area contributed by atoms with Gasteiger partial charge in [-0.3, -0.25) is 4.68 Å². The summed E-state index contributed by atoms with van der Waals surface area (Å²) in [5.74, 6) is 0. The molecule has 0 aromatic carbocycles. The molecule has 2 heterocycles. The Balaban J connectivity index is 2.50. The lowest BCUT2D eigenvalue weighted by atomic mass is 10.3. The second kappa shape index (κ2) is 2.50. The van der Waals surface area contributed by atoms with Crippen molar-refractivity contribution >= 4 is 11.6 Å². The fourth-order valence-electron chi connectivity index (χ4n) is 1.35. The fourth-order valence-corrected chi connectivity index (χ4v) is 1.56. The molecule has 0 unspecified atom stereocenters. The highest BCUT2D eigenvalue weighted by atomic mass is 35.5. The number of aromatic nitrogens is 2. The molecule has 0 saturated carbocycles. The SMILES string of the molecule is Cc1nn2c(c1Cl)CNCC2. The van der Waals surface area contributed by atoms with Crippen molar-refractivity contribution < 1.29 is 0 Å². The summed E-state index contributed by atoms with van der Waals surface area (Å²) in [4.78, 5) is 0. The van der Waals surface area contributed by atoms with Crippen molar-refractivity contribution in [3.05, 3.63) is 16.4 Å². The highest BCUT2D eigenvalue weighted by Gasteiger charge is 2.15. The van der Waals surface area contributed by atoms with Crippen LogP contribution in [-0.4, -0.2) is 16.3 Å². The van der Waals surface area contributed by atoms with Gasteiger partial charge in [-0.1, -0.05) is 11.6 Å². The topological polar surface area (TPSA) is 29.9 Å². The molecule has 1 aromatic heterocycles. The molecule has 0 spiro atoms. The van der Waals surface area contributed by atoms with Crippen molar-refractivity contribution in [2.45, 2.75) is 20.0 Å². The summed E-state index contributed by atoms with van der Waals surface area (Å²) in [6.07, 6.45) is 0. The fraction of sp³-hybridized carbons (Fsp3) is 0.571. The average molecular weight is 172 g/mol. The molecule has 3 nitrogen and oxygen atoms in total. The number of halogens is 1. The summed E-state index contributed by atoms with van der Waals surface area (Å²) in [6.45, 7) is 4.71. The molecule has 60 valence electrons. The molecule has 0 atom stereocenters. The van der Waals surface area contributed by atoms with Gasteiger partial charge in [-0.25, -0.2) is 0 Å². The van der Waals surface area contributed by atoms with Crippen molar-refractivity contribution in [3.8, 4) is 0 Å². The van der Waals surface area contributed by atoms with Gasteiger partial charge in [0.05, 0.1) is 23.0 Å². The molecule has 1 aromatic rings.